The van der Waals surface area contributed by atoms with Crippen molar-refractivity contribution in [2.75, 3.05) is 13.7 Å². The summed E-state index contributed by atoms with van der Waals surface area (Å²) in [6.45, 7) is 1.54. The molecule has 2 aromatic carbocycles. The molecule has 2 rings (SSSR count). The largest absolute Gasteiger partial charge is 0.396 e. The van der Waals surface area contributed by atoms with Gasteiger partial charge in [-0.1, -0.05) is 30.3 Å². The van der Waals surface area contributed by atoms with Crippen LogP contribution in [0.5, 0.6) is 0 Å². The van der Waals surface area contributed by atoms with Gasteiger partial charge in [0.05, 0.1) is 12.2 Å². The van der Waals surface area contributed by atoms with Crippen LogP contribution in [-0.4, -0.2) is 69.5 Å². The average molecular weight is 403 g/mol. The van der Waals surface area contributed by atoms with E-state index in [4.69, 9.17) is 5.11 Å². The van der Waals surface area contributed by atoms with Crippen LogP contribution in [0.2, 0.25) is 0 Å². The molecule has 0 aromatic heterocycles. The van der Waals surface area contributed by atoms with Crippen LogP contribution in [-0.2, 0) is 6.42 Å². The molecular weight excluding hydrogens is 374 g/mol. The van der Waals surface area contributed by atoms with Crippen molar-refractivity contribution >= 4 is 5.91 Å². The minimum Gasteiger partial charge on any atom is -0.396 e. The Labute approximate surface area is 170 Å². The monoisotopic (exact) mass is 403 g/mol. The molecule has 0 radical (unpaired) electrons. The Morgan fingerprint density at radius 1 is 0.966 bits per heavy atom. The second-order valence-electron chi connectivity index (χ2n) is 7.13. The van der Waals surface area contributed by atoms with E-state index in [1.807, 2.05) is 37.3 Å². The van der Waals surface area contributed by atoms with Crippen LogP contribution in [0, 0.1) is 6.92 Å². The molecular formula is C22H29NO6. The topological polar surface area (TPSA) is 130 Å². The zero-order valence-corrected chi connectivity index (χ0v) is 16.6. The summed E-state index contributed by atoms with van der Waals surface area (Å²) in [7, 11) is 1.58. The van der Waals surface area contributed by atoms with Crippen LogP contribution in [0.25, 0.3) is 11.1 Å². The van der Waals surface area contributed by atoms with Gasteiger partial charge in [0.15, 0.2) is 0 Å². The summed E-state index contributed by atoms with van der Waals surface area (Å²) < 4.78 is 0. The van der Waals surface area contributed by atoms with Crippen LogP contribution in [0.15, 0.2) is 42.5 Å². The SMILES string of the molecule is CNC(=O)c1cccc(-c2ccc(CC(O)C(O)C(O)C(O)CCO)c(C)c2)c1. The molecule has 4 unspecified atom stereocenters. The molecule has 2 aromatic rings. The molecule has 158 valence electrons. The van der Waals surface area contributed by atoms with E-state index in [9.17, 15) is 25.2 Å². The molecule has 0 aliphatic heterocycles. The minimum absolute atomic E-state index is 0.0895. The summed E-state index contributed by atoms with van der Waals surface area (Å²) in [5.74, 6) is -0.167. The number of amides is 1. The van der Waals surface area contributed by atoms with E-state index in [1.54, 1.807) is 19.2 Å². The number of carbonyl (C=O) groups is 1. The van der Waals surface area contributed by atoms with Gasteiger partial charge in [0, 0.05) is 25.6 Å². The zero-order valence-electron chi connectivity index (χ0n) is 16.6. The third-order valence-electron chi connectivity index (χ3n) is 5.02. The van der Waals surface area contributed by atoms with E-state index in [0.717, 1.165) is 22.3 Å². The maximum Gasteiger partial charge on any atom is 0.251 e. The third-order valence-corrected chi connectivity index (χ3v) is 5.02. The van der Waals surface area contributed by atoms with Crippen LogP contribution < -0.4 is 5.32 Å². The normalized spacial score (nSPS) is 15.4. The first-order chi connectivity index (χ1) is 13.8. The zero-order chi connectivity index (χ0) is 21.6. The molecule has 0 bridgehead atoms. The van der Waals surface area contributed by atoms with E-state index in [2.05, 4.69) is 5.32 Å². The van der Waals surface area contributed by atoms with Crippen LogP contribution in [0.1, 0.15) is 27.9 Å². The fourth-order valence-corrected chi connectivity index (χ4v) is 3.19. The van der Waals surface area contributed by atoms with Gasteiger partial charge in [0.25, 0.3) is 5.91 Å². The van der Waals surface area contributed by atoms with Gasteiger partial charge in [-0.15, -0.1) is 0 Å². The van der Waals surface area contributed by atoms with Crippen molar-refractivity contribution in [2.45, 2.75) is 44.2 Å². The first kappa shape index (κ1) is 23.0. The van der Waals surface area contributed by atoms with Gasteiger partial charge >= 0.3 is 0 Å². The van der Waals surface area contributed by atoms with Gasteiger partial charge in [-0.25, -0.2) is 0 Å². The molecule has 0 spiro atoms. The number of benzene rings is 2. The van der Waals surface area contributed by atoms with Crippen molar-refractivity contribution in [3.8, 4) is 11.1 Å². The molecule has 1 amide bonds. The highest BCUT2D eigenvalue weighted by atomic mass is 16.4. The number of aryl methyl sites for hydroxylation is 1. The van der Waals surface area contributed by atoms with Crippen molar-refractivity contribution in [2.24, 2.45) is 0 Å². The van der Waals surface area contributed by atoms with Crippen molar-refractivity contribution in [1.82, 2.24) is 5.32 Å². The first-order valence-corrected chi connectivity index (χ1v) is 9.53. The lowest BCUT2D eigenvalue weighted by Gasteiger charge is -2.26. The number of aliphatic hydroxyl groups excluding tert-OH is 5. The van der Waals surface area contributed by atoms with E-state index in [0.29, 0.717) is 5.56 Å². The number of hydrogen-bond acceptors (Lipinski definition) is 6. The Kier molecular flexibility index (Phi) is 8.31. The number of carbonyl (C=O) groups excluding carboxylic acids is 1. The molecule has 0 saturated carbocycles. The highest BCUT2D eigenvalue weighted by Gasteiger charge is 2.30. The van der Waals surface area contributed by atoms with E-state index in [1.165, 1.54) is 0 Å². The summed E-state index contributed by atoms with van der Waals surface area (Å²) >= 11 is 0. The lowest BCUT2D eigenvalue weighted by atomic mass is 9.92. The summed E-state index contributed by atoms with van der Waals surface area (Å²) in [5, 5.41) is 51.4. The highest BCUT2D eigenvalue weighted by molar-refractivity contribution is 5.95. The molecule has 0 saturated heterocycles. The molecule has 7 heteroatoms. The van der Waals surface area contributed by atoms with Gasteiger partial charge in [-0.05, 0) is 47.7 Å². The van der Waals surface area contributed by atoms with Crippen LogP contribution in [0.4, 0.5) is 0 Å². The first-order valence-electron chi connectivity index (χ1n) is 9.53. The lowest BCUT2D eigenvalue weighted by molar-refractivity contribution is -0.108. The summed E-state index contributed by atoms with van der Waals surface area (Å²) in [5.41, 5.74) is 4.01. The van der Waals surface area contributed by atoms with Crippen molar-refractivity contribution in [3.05, 3.63) is 59.2 Å². The number of aliphatic hydroxyl groups is 5. The molecule has 0 aliphatic rings. The second kappa shape index (κ2) is 10.5. The maximum atomic E-state index is 11.8. The Bertz CT molecular complexity index is 825. The Morgan fingerprint density at radius 3 is 2.24 bits per heavy atom. The summed E-state index contributed by atoms with van der Waals surface area (Å²) in [6.07, 6.45) is -5.69. The fraction of sp³-hybridized carbons (Fsp3) is 0.409. The number of nitrogens with one attached hydrogen (secondary N) is 1. The van der Waals surface area contributed by atoms with Gasteiger partial charge in [0.2, 0.25) is 0 Å². The average Bonchev–Trinajstić information content (AvgIpc) is 2.73. The molecule has 29 heavy (non-hydrogen) atoms. The molecule has 0 aliphatic carbocycles. The molecule has 7 nitrogen and oxygen atoms in total. The van der Waals surface area contributed by atoms with Gasteiger partial charge in [0.1, 0.15) is 12.2 Å². The molecule has 6 N–H and O–H groups in total. The molecule has 0 fully saturated rings. The fourth-order valence-electron chi connectivity index (χ4n) is 3.19. The van der Waals surface area contributed by atoms with Crippen molar-refractivity contribution in [3.63, 3.8) is 0 Å². The van der Waals surface area contributed by atoms with Crippen LogP contribution >= 0.6 is 0 Å². The Hall–Kier alpha value is -2.29. The second-order valence-corrected chi connectivity index (χ2v) is 7.13. The van der Waals surface area contributed by atoms with Gasteiger partial charge < -0.3 is 30.8 Å². The Morgan fingerprint density at radius 2 is 1.62 bits per heavy atom. The molecule has 0 heterocycles. The highest BCUT2D eigenvalue weighted by Crippen LogP contribution is 2.25. The third kappa shape index (κ3) is 5.85. The molecule has 4 atom stereocenters. The quantitative estimate of drug-likeness (QED) is 0.359. The number of rotatable bonds is 9. The van der Waals surface area contributed by atoms with E-state index >= 15 is 0 Å². The smallest absolute Gasteiger partial charge is 0.251 e. The maximum absolute atomic E-state index is 11.8. The standard InChI is InChI=1S/C22H29NO6/c1-13-10-16(15-4-3-5-17(11-15)22(29)23-2)7-6-14(13)12-19(26)21(28)20(27)18(25)8-9-24/h3-7,10-11,18-21,24-28H,8-9,12H2,1-2H3,(H,23,29). The van der Waals surface area contributed by atoms with E-state index < -0.39 is 24.4 Å². The summed E-state index contributed by atoms with van der Waals surface area (Å²) in [6, 6.07) is 12.9. The summed E-state index contributed by atoms with van der Waals surface area (Å²) in [4.78, 5) is 11.8. The lowest BCUT2D eigenvalue weighted by Crippen LogP contribution is -2.45. The van der Waals surface area contributed by atoms with Gasteiger partial charge in [-0.3, -0.25) is 4.79 Å². The van der Waals surface area contributed by atoms with Crippen molar-refractivity contribution in [1.29, 1.82) is 0 Å². The van der Waals surface area contributed by atoms with Crippen molar-refractivity contribution < 1.29 is 30.3 Å². The predicted octanol–water partition coefficient (Wildman–Crippen LogP) is 0.390. The predicted molar refractivity (Wildman–Crippen MR) is 109 cm³/mol. The van der Waals surface area contributed by atoms with Crippen LogP contribution in [0.3, 0.4) is 0 Å². The number of hydrogen-bond donors (Lipinski definition) is 6. The Balaban J connectivity index is 2.14. The minimum atomic E-state index is -1.55. The van der Waals surface area contributed by atoms with Gasteiger partial charge in [-0.2, -0.15) is 0 Å². The van der Waals surface area contributed by atoms with E-state index in [-0.39, 0.29) is 25.4 Å².